The van der Waals surface area contributed by atoms with Gasteiger partial charge in [-0.3, -0.25) is 4.90 Å². The molecule has 98 valence electrons. The number of hydrogen-bond acceptors (Lipinski definition) is 3. The molecule has 2 heterocycles. The molecule has 1 spiro atoms. The van der Waals surface area contributed by atoms with E-state index in [0.717, 1.165) is 19.3 Å². The van der Waals surface area contributed by atoms with Crippen LogP contribution in [0.3, 0.4) is 0 Å². The molecular formula is C14H26N2O. The normalized spacial score (nSPS) is 35.5. The van der Waals surface area contributed by atoms with Crippen LogP contribution in [-0.4, -0.2) is 62.3 Å². The first-order valence-corrected chi connectivity index (χ1v) is 7.28. The molecule has 3 rings (SSSR count). The zero-order chi connectivity index (χ0) is 11.7. The van der Waals surface area contributed by atoms with Crippen molar-refractivity contribution in [3.05, 3.63) is 0 Å². The molecule has 3 fully saturated rings. The van der Waals surface area contributed by atoms with Crippen LogP contribution >= 0.6 is 0 Å². The van der Waals surface area contributed by atoms with Crippen molar-refractivity contribution in [2.45, 2.75) is 38.1 Å². The van der Waals surface area contributed by atoms with Gasteiger partial charge in [0.1, 0.15) is 0 Å². The summed E-state index contributed by atoms with van der Waals surface area (Å²) in [6.45, 7) is 6.87. The summed E-state index contributed by atoms with van der Waals surface area (Å²) in [5.74, 6) is 0. The molecule has 0 aromatic heterocycles. The van der Waals surface area contributed by atoms with Crippen LogP contribution < -0.4 is 0 Å². The topological polar surface area (TPSA) is 15.7 Å². The molecule has 2 saturated heterocycles. The summed E-state index contributed by atoms with van der Waals surface area (Å²) < 4.78 is 5.46. The number of hydrogen-bond donors (Lipinski definition) is 0. The molecule has 2 aliphatic heterocycles. The van der Waals surface area contributed by atoms with Crippen LogP contribution in [0.5, 0.6) is 0 Å². The number of nitrogens with zero attached hydrogens (tertiary/aromatic N) is 2. The van der Waals surface area contributed by atoms with Crippen LogP contribution in [0, 0.1) is 5.41 Å². The quantitative estimate of drug-likeness (QED) is 0.690. The summed E-state index contributed by atoms with van der Waals surface area (Å²) in [4.78, 5) is 5.18. The molecule has 17 heavy (non-hydrogen) atoms. The molecule has 0 amide bonds. The fraction of sp³-hybridized carbons (Fsp3) is 1.00. The van der Waals surface area contributed by atoms with Crippen LogP contribution in [-0.2, 0) is 4.74 Å². The highest BCUT2D eigenvalue weighted by molar-refractivity contribution is 4.96. The maximum absolute atomic E-state index is 5.46. The Bertz CT molecular complexity index is 255. The fourth-order valence-electron chi connectivity index (χ4n) is 3.98. The molecule has 0 aromatic carbocycles. The van der Waals surface area contributed by atoms with E-state index < -0.39 is 0 Å². The highest BCUT2D eigenvalue weighted by Crippen LogP contribution is 2.47. The van der Waals surface area contributed by atoms with Gasteiger partial charge in [0, 0.05) is 19.1 Å². The first kappa shape index (κ1) is 11.9. The van der Waals surface area contributed by atoms with Crippen molar-refractivity contribution in [2.75, 3.05) is 46.4 Å². The van der Waals surface area contributed by atoms with Gasteiger partial charge in [-0.1, -0.05) is 0 Å². The van der Waals surface area contributed by atoms with E-state index in [-0.39, 0.29) is 0 Å². The molecule has 3 aliphatic rings. The minimum Gasteiger partial charge on any atom is -0.379 e. The second-order valence-corrected chi connectivity index (χ2v) is 6.35. The zero-order valence-electron chi connectivity index (χ0n) is 11.2. The Morgan fingerprint density at radius 2 is 1.71 bits per heavy atom. The third-order valence-electron chi connectivity index (χ3n) is 5.29. The monoisotopic (exact) mass is 238 g/mol. The SMILES string of the molecule is CN1CCC2(CCC(N3CCOCC3)C2)CC1. The third-order valence-corrected chi connectivity index (χ3v) is 5.29. The van der Waals surface area contributed by atoms with E-state index in [1.807, 2.05) is 0 Å². The van der Waals surface area contributed by atoms with Crippen molar-refractivity contribution in [1.29, 1.82) is 0 Å². The van der Waals surface area contributed by atoms with Gasteiger partial charge in [-0.2, -0.15) is 0 Å². The Morgan fingerprint density at radius 1 is 1.00 bits per heavy atom. The molecule has 1 aliphatic carbocycles. The van der Waals surface area contributed by atoms with Gasteiger partial charge in [-0.05, 0) is 57.7 Å². The summed E-state index contributed by atoms with van der Waals surface area (Å²) in [5.41, 5.74) is 0.704. The van der Waals surface area contributed by atoms with Crippen molar-refractivity contribution in [3.63, 3.8) is 0 Å². The number of likely N-dealkylation sites (tertiary alicyclic amines) is 1. The smallest absolute Gasteiger partial charge is 0.0594 e. The van der Waals surface area contributed by atoms with Gasteiger partial charge in [0.25, 0.3) is 0 Å². The highest BCUT2D eigenvalue weighted by Gasteiger charge is 2.42. The summed E-state index contributed by atoms with van der Waals surface area (Å²) in [5, 5.41) is 0. The minimum atomic E-state index is 0.704. The minimum absolute atomic E-state index is 0.704. The summed E-state index contributed by atoms with van der Waals surface area (Å²) in [6, 6.07) is 0.863. The molecule has 1 unspecified atom stereocenters. The van der Waals surface area contributed by atoms with Gasteiger partial charge < -0.3 is 9.64 Å². The molecule has 0 radical (unpaired) electrons. The Hall–Kier alpha value is -0.120. The molecule has 3 nitrogen and oxygen atoms in total. The van der Waals surface area contributed by atoms with Crippen LogP contribution in [0.2, 0.25) is 0 Å². The lowest BCUT2D eigenvalue weighted by atomic mass is 9.77. The van der Waals surface area contributed by atoms with Crippen molar-refractivity contribution < 1.29 is 4.74 Å². The van der Waals surface area contributed by atoms with Gasteiger partial charge in [0.2, 0.25) is 0 Å². The summed E-state index contributed by atoms with van der Waals surface area (Å²) in [6.07, 6.45) is 7.24. The highest BCUT2D eigenvalue weighted by atomic mass is 16.5. The van der Waals surface area contributed by atoms with E-state index in [9.17, 15) is 0 Å². The molecule has 0 aromatic rings. The Balaban J connectivity index is 1.57. The van der Waals surface area contributed by atoms with Crippen LogP contribution in [0.1, 0.15) is 32.1 Å². The first-order valence-electron chi connectivity index (χ1n) is 7.28. The Labute approximate surface area is 105 Å². The van der Waals surface area contributed by atoms with Crippen LogP contribution in [0.15, 0.2) is 0 Å². The van der Waals surface area contributed by atoms with Crippen molar-refractivity contribution in [3.8, 4) is 0 Å². The van der Waals surface area contributed by atoms with Crippen LogP contribution in [0.4, 0.5) is 0 Å². The maximum Gasteiger partial charge on any atom is 0.0594 e. The van der Waals surface area contributed by atoms with E-state index >= 15 is 0 Å². The second kappa shape index (κ2) is 4.87. The molecular weight excluding hydrogens is 212 g/mol. The molecule has 0 bridgehead atoms. The van der Waals surface area contributed by atoms with Crippen molar-refractivity contribution in [1.82, 2.24) is 9.80 Å². The lowest BCUT2D eigenvalue weighted by molar-refractivity contribution is 0.0130. The molecule has 1 saturated carbocycles. The Morgan fingerprint density at radius 3 is 2.41 bits per heavy atom. The van der Waals surface area contributed by atoms with Crippen molar-refractivity contribution >= 4 is 0 Å². The van der Waals surface area contributed by atoms with Gasteiger partial charge in [-0.15, -0.1) is 0 Å². The average molecular weight is 238 g/mol. The first-order chi connectivity index (χ1) is 8.27. The predicted molar refractivity (Wildman–Crippen MR) is 69.2 cm³/mol. The lowest BCUT2D eigenvalue weighted by Gasteiger charge is -2.39. The van der Waals surface area contributed by atoms with E-state index in [1.54, 1.807) is 0 Å². The summed E-state index contributed by atoms with van der Waals surface area (Å²) in [7, 11) is 2.27. The van der Waals surface area contributed by atoms with E-state index in [4.69, 9.17) is 4.74 Å². The van der Waals surface area contributed by atoms with Gasteiger partial charge in [0.15, 0.2) is 0 Å². The molecule has 0 N–H and O–H groups in total. The Kier molecular flexibility index (Phi) is 3.42. The predicted octanol–water partition coefficient (Wildman–Crippen LogP) is 1.58. The zero-order valence-corrected chi connectivity index (χ0v) is 11.2. The van der Waals surface area contributed by atoms with Gasteiger partial charge in [-0.25, -0.2) is 0 Å². The van der Waals surface area contributed by atoms with E-state index in [2.05, 4.69) is 16.8 Å². The average Bonchev–Trinajstić information content (AvgIpc) is 2.79. The number of morpholine rings is 1. The lowest BCUT2D eigenvalue weighted by Crippen LogP contribution is -2.43. The van der Waals surface area contributed by atoms with Crippen LogP contribution in [0.25, 0.3) is 0 Å². The maximum atomic E-state index is 5.46. The fourth-order valence-corrected chi connectivity index (χ4v) is 3.98. The number of rotatable bonds is 1. The van der Waals surface area contributed by atoms with Gasteiger partial charge in [0.05, 0.1) is 13.2 Å². The number of ether oxygens (including phenoxy) is 1. The van der Waals surface area contributed by atoms with E-state index in [0.29, 0.717) is 5.41 Å². The third kappa shape index (κ3) is 2.51. The van der Waals surface area contributed by atoms with E-state index in [1.165, 1.54) is 58.3 Å². The molecule has 1 atom stereocenters. The standard InChI is InChI=1S/C14H26N2O/c1-15-6-4-14(5-7-15)3-2-13(12-14)16-8-10-17-11-9-16/h13H,2-12H2,1H3. The number of piperidine rings is 1. The second-order valence-electron chi connectivity index (χ2n) is 6.35. The summed E-state index contributed by atoms with van der Waals surface area (Å²) >= 11 is 0. The van der Waals surface area contributed by atoms with Crippen molar-refractivity contribution in [2.24, 2.45) is 5.41 Å². The van der Waals surface area contributed by atoms with Gasteiger partial charge >= 0.3 is 0 Å². The molecule has 3 heteroatoms. The largest absolute Gasteiger partial charge is 0.379 e.